The van der Waals surface area contributed by atoms with E-state index in [1.165, 1.54) is 13.8 Å². The summed E-state index contributed by atoms with van der Waals surface area (Å²) in [5, 5.41) is 0. The van der Waals surface area contributed by atoms with Gasteiger partial charge < -0.3 is 10.5 Å². The van der Waals surface area contributed by atoms with E-state index < -0.39 is 20.5 Å². The van der Waals surface area contributed by atoms with E-state index in [1.54, 1.807) is 0 Å². The van der Waals surface area contributed by atoms with Crippen molar-refractivity contribution >= 4 is 15.7 Å². The Bertz CT molecular complexity index is 394. The number of carbonyl (C=O) groups is 1. The molecule has 0 atom stereocenters. The third-order valence-corrected chi connectivity index (χ3v) is 6.44. The van der Waals surface area contributed by atoms with Crippen molar-refractivity contribution in [2.75, 3.05) is 19.0 Å². The Morgan fingerprint density at radius 3 is 2.24 bits per heavy atom. The number of hydrogen-bond donors (Lipinski definition) is 1. The topological polar surface area (TPSA) is 86.5 Å². The van der Waals surface area contributed by atoms with Crippen molar-refractivity contribution in [3.63, 3.8) is 0 Å². The Morgan fingerprint density at radius 2 is 1.82 bits per heavy atom. The van der Waals surface area contributed by atoms with Crippen LogP contribution in [-0.2, 0) is 19.4 Å². The van der Waals surface area contributed by atoms with Gasteiger partial charge >= 0.3 is 0 Å². The van der Waals surface area contributed by atoms with Crippen molar-refractivity contribution in [3.05, 3.63) is 0 Å². The first kappa shape index (κ1) is 14.4. The summed E-state index contributed by atoms with van der Waals surface area (Å²) >= 11 is 0. The van der Waals surface area contributed by atoms with Gasteiger partial charge in [0.05, 0.1) is 5.75 Å². The van der Waals surface area contributed by atoms with Gasteiger partial charge in [0.2, 0.25) is 5.91 Å². The lowest BCUT2D eigenvalue weighted by atomic mass is 9.85. The zero-order valence-corrected chi connectivity index (χ0v) is 11.5. The molecule has 0 radical (unpaired) electrons. The fourth-order valence-corrected chi connectivity index (χ4v) is 3.67. The van der Waals surface area contributed by atoms with Crippen LogP contribution in [0.3, 0.4) is 0 Å². The highest BCUT2D eigenvalue weighted by Gasteiger charge is 2.44. The average Bonchev–Trinajstić information content (AvgIpc) is 2.16. The lowest BCUT2D eigenvalue weighted by molar-refractivity contribution is -0.119. The molecule has 6 heteroatoms. The van der Waals surface area contributed by atoms with Crippen LogP contribution in [0.25, 0.3) is 0 Å². The fourth-order valence-electron chi connectivity index (χ4n) is 1.80. The Morgan fingerprint density at radius 1 is 1.35 bits per heavy atom. The molecule has 1 rings (SSSR count). The molecular formula is C11H21NO4S. The highest BCUT2D eigenvalue weighted by molar-refractivity contribution is 7.93. The van der Waals surface area contributed by atoms with Crippen LogP contribution in [0.5, 0.6) is 0 Å². The molecule has 0 bridgehead atoms. The third-order valence-electron chi connectivity index (χ3n) is 3.61. The molecule has 0 unspecified atom stereocenters. The first-order valence-electron chi connectivity index (χ1n) is 5.71. The maximum Gasteiger partial charge on any atom is 0.238 e. The SMILES string of the molecule is CC1(CS(=O)(=O)C(C)(C)C(N)=O)CCOCC1. The molecule has 0 aromatic carbocycles. The van der Waals surface area contributed by atoms with Gasteiger partial charge in [0.15, 0.2) is 9.84 Å². The standard InChI is InChI=1S/C11H21NO4S/c1-10(2,9(12)13)17(14,15)8-11(3)4-6-16-7-5-11/h4-8H2,1-3H3,(H2,12,13). The second-order valence-corrected chi connectivity index (χ2v) is 8.10. The lowest BCUT2D eigenvalue weighted by Gasteiger charge is -2.35. The van der Waals surface area contributed by atoms with E-state index in [4.69, 9.17) is 10.5 Å². The van der Waals surface area contributed by atoms with E-state index in [0.29, 0.717) is 26.1 Å². The van der Waals surface area contributed by atoms with Crippen molar-refractivity contribution in [2.24, 2.45) is 11.1 Å². The Kier molecular flexibility index (Phi) is 3.88. The molecule has 1 amide bonds. The first-order valence-corrected chi connectivity index (χ1v) is 7.36. The molecule has 17 heavy (non-hydrogen) atoms. The second kappa shape index (κ2) is 4.57. The summed E-state index contributed by atoms with van der Waals surface area (Å²) in [7, 11) is -3.55. The zero-order chi connectivity index (χ0) is 13.3. The molecular weight excluding hydrogens is 242 g/mol. The van der Waals surface area contributed by atoms with Gasteiger partial charge in [-0.3, -0.25) is 4.79 Å². The van der Waals surface area contributed by atoms with Gasteiger partial charge in [-0.05, 0) is 32.1 Å². The van der Waals surface area contributed by atoms with Gasteiger partial charge in [-0.15, -0.1) is 0 Å². The van der Waals surface area contributed by atoms with Crippen molar-refractivity contribution in [2.45, 2.75) is 38.4 Å². The summed E-state index contributed by atoms with van der Waals surface area (Å²) in [6.07, 6.45) is 1.39. The highest BCUT2D eigenvalue weighted by atomic mass is 32.2. The minimum atomic E-state index is -3.55. The quantitative estimate of drug-likeness (QED) is 0.799. The van der Waals surface area contributed by atoms with Crippen molar-refractivity contribution < 1.29 is 17.9 Å². The number of rotatable bonds is 4. The van der Waals surface area contributed by atoms with Crippen LogP contribution < -0.4 is 5.73 Å². The molecule has 0 spiro atoms. The number of sulfone groups is 1. The summed E-state index contributed by atoms with van der Waals surface area (Å²) in [4.78, 5) is 11.2. The van der Waals surface area contributed by atoms with Gasteiger partial charge in [0.25, 0.3) is 0 Å². The molecule has 0 aromatic heterocycles. The van der Waals surface area contributed by atoms with Crippen LogP contribution >= 0.6 is 0 Å². The van der Waals surface area contributed by atoms with Crippen LogP contribution in [0.1, 0.15) is 33.6 Å². The normalized spacial score (nSPS) is 21.1. The van der Waals surface area contributed by atoms with E-state index in [-0.39, 0.29) is 11.2 Å². The summed E-state index contributed by atoms with van der Waals surface area (Å²) in [5.41, 5.74) is 4.85. The number of ether oxygens (including phenoxy) is 1. The van der Waals surface area contributed by atoms with Crippen molar-refractivity contribution in [1.29, 1.82) is 0 Å². The summed E-state index contributed by atoms with van der Waals surface area (Å²) in [5.74, 6) is -0.813. The molecule has 2 N–H and O–H groups in total. The molecule has 100 valence electrons. The van der Waals surface area contributed by atoms with Crippen molar-refractivity contribution in [1.82, 2.24) is 0 Å². The molecule has 1 heterocycles. The Labute approximate surface area is 103 Å². The number of hydrogen-bond acceptors (Lipinski definition) is 4. The molecule has 0 saturated carbocycles. The second-order valence-electron chi connectivity index (χ2n) is 5.56. The smallest absolute Gasteiger partial charge is 0.238 e. The van der Waals surface area contributed by atoms with Crippen LogP contribution in [0.4, 0.5) is 0 Å². The molecule has 1 aliphatic rings. The third kappa shape index (κ3) is 2.98. The lowest BCUT2D eigenvalue weighted by Crippen LogP contribution is -2.49. The largest absolute Gasteiger partial charge is 0.381 e. The molecule has 1 saturated heterocycles. The molecule has 1 aliphatic heterocycles. The average molecular weight is 263 g/mol. The zero-order valence-electron chi connectivity index (χ0n) is 10.7. The van der Waals surface area contributed by atoms with Crippen LogP contribution in [-0.4, -0.2) is 38.0 Å². The van der Waals surface area contributed by atoms with Gasteiger partial charge in [0, 0.05) is 13.2 Å². The van der Waals surface area contributed by atoms with Crippen LogP contribution in [0.2, 0.25) is 0 Å². The summed E-state index contributed by atoms with van der Waals surface area (Å²) in [6.45, 7) is 5.80. The van der Waals surface area contributed by atoms with Gasteiger partial charge in [0.1, 0.15) is 4.75 Å². The van der Waals surface area contributed by atoms with Gasteiger partial charge in [-0.2, -0.15) is 0 Å². The number of nitrogens with two attached hydrogens (primary N) is 1. The maximum absolute atomic E-state index is 12.2. The molecule has 1 fully saturated rings. The number of carbonyl (C=O) groups excluding carboxylic acids is 1. The maximum atomic E-state index is 12.2. The van der Waals surface area contributed by atoms with Gasteiger partial charge in [-0.1, -0.05) is 6.92 Å². The predicted octanol–water partition coefficient (Wildman–Crippen LogP) is 0.482. The minimum absolute atomic E-state index is 0.0146. The number of amides is 1. The van der Waals surface area contributed by atoms with E-state index in [2.05, 4.69) is 0 Å². The fraction of sp³-hybridized carbons (Fsp3) is 0.909. The van der Waals surface area contributed by atoms with Crippen LogP contribution in [0, 0.1) is 5.41 Å². The van der Waals surface area contributed by atoms with Gasteiger partial charge in [-0.25, -0.2) is 8.42 Å². The summed E-state index contributed by atoms with van der Waals surface area (Å²) < 4.78 is 28.2. The Hall–Kier alpha value is -0.620. The van der Waals surface area contributed by atoms with Crippen LogP contribution in [0.15, 0.2) is 0 Å². The van der Waals surface area contributed by atoms with E-state index in [0.717, 1.165) is 0 Å². The van der Waals surface area contributed by atoms with E-state index >= 15 is 0 Å². The van der Waals surface area contributed by atoms with Crippen molar-refractivity contribution in [3.8, 4) is 0 Å². The summed E-state index contributed by atoms with van der Waals surface area (Å²) in [6, 6.07) is 0. The monoisotopic (exact) mass is 263 g/mol. The predicted molar refractivity (Wildman–Crippen MR) is 65.2 cm³/mol. The van der Waals surface area contributed by atoms with E-state index in [9.17, 15) is 13.2 Å². The molecule has 5 nitrogen and oxygen atoms in total. The minimum Gasteiger partial charge on any atom is -0.381 e. The molecule has 0 aliphatic carbocycles. The van der Waals surface area contributed by atoms with E-state index in [1.807, 2.05) is 6.92 Å². The molecule has 0 aromatic rings. The number of primary amides is 1. The first-order chi connectivity index (χ1) is 7.61. The Balaban J connectivity index is 2.89. The highest BCUT2D eigenvalue weighted by Crippen LogP contribution is 2.34.